The van der Waals surface area contributed by atoms with Crippen LogP contribution in [0, 0.1) is 0 Å². The van der Waals surface area contributed by atoms with Gasteiger partial charge in [-0.15, -0.1) is 24.0 Å². The van der Waals surface area contributed by atoms with Gasteiger partial charge < -0.3 is 20.1 Å². The van der Waals surface area contributed by atoms with Crippen molar-refractivity contribution >= 4 is 29.9 Å². The molecule has 1 aliphatic heterocycles. The fraction of sp³-hybridized carbons (Fsp3) is 0.480. The molecule has 2 N–H and O–H groups in total. The molecule has 0 radical (unpaired) electrons. The van der Waals surface area contributed by atoms with Gasteiger partial charge in [0.15, 0.2) is 5.96 Å². The lowest BCUT2D eigenvalue weighted by atomic mass is 10.1. The third-order valence-corrected chi connectivity index (χ3v) is 5.19. The van der Waals surface area contributed by atoms with E-state index in [2.05, 4.69) is 72.2 Å². The molecular formula is C25H36IN3O2. The van der Waals surface area contributed by atoms with E-state index >= 15 is 0 Å². The van der Waals surface area contributed by atoms with Gasteiger partial charge in [-0.1, -0.05) is 54.6 Å². The second-order valence-corrected chi connectivity index (χ2v) is 7.65. The molecule has 0 aliphatic carbocycles. The largest absolute Gasteiger partial charge is 0.381 e. The Balaban J connectivity index is 0.00000341. The van der Waals surface area contributed by atoms with E-state index in [9.17, 15) is 0 Å². The summed E-state index contributed by atoms with van der Waals surface area (Å²) in [7, 11) is 0. The first kappa shape index (κ1) is 25.6. The predicted molar refractivity (Wildman–Crippen MR) is 138 cm³/mol. The quantitative estimate of drug-likeness (QED) is 0.200. The number of halogens is 1. The number of aryl methyl sites for hydroxylation is 1. The summed E-state index contributed by atoms with van der Waals surface area (Å²) in [5, 5.41) is 6.78. The van der Waals surface area contributed by atoms with Gasteiger partial charge in [-0.25, -0.2) is 4.99 Å². The third kappa shape index (κ3) is 10.0. The summed E-state index contributed by atoms with van der Waals surface area (Å²) >= 11 is 0. The van der Waals surface area contributed by atoms with Gasteiger partial charge in [0.25, 0.3) is 0 Å². The molecule has 0 spiro atoms. The minimum absolute atomic E-state index is 0. The highest BCUT2D eigenvalue weighted by molar-refractivity contribution is 14.0. The van der Waals surface area contributed by atoms with E-state index in [1.807, 2.05) is 0 Å². The van der Waals surface area contributed by atoms with Crippen LogP contribution < -0.4 is 10.6 Å². The van der Waals surface area contributed by atoms with E-state index in [0.29, 0.717) is 19.3 Å². The molecule has 0 aromatic heterocycles. The summed E-state index contributed by atoms with van der Waals surface area (Å²) in [6.45, 7) is 6.77. The molecular weight excluding hydrogens is 501 g/mol. The Hall–Kier alpha value is -1.64. The fourth-order valence-corrected chi connectivity index (χ4v) is 3.53. The average Bonchev–Trinajstić information content (AvgIpc) is 2.80. The van der Waals surface area contributed by atoms with Crippen molar-refractivity contribution in [2.45, 2.75) is 51.9 Å². The minimum Gasteiger partial charge on any atom is -0.381 e. The predicted octanol–water partition coefficient (Wildman–Crippen LogP) is 4.69. The van der Waals surface area contributed by atoms with E-state index in [-0.39, 0.29) is 24.0 Å². The first-order valence-corrected chi connectivity index (χ1v) is 11.2. The van der Waals surface area contributed by atoms with Crippen molar-refractivity contribution in [2.75, 3.05) is 26.3 Å². The van der Waals surface area contributed by atoms with Gasteiger partial charge in [-0.05, 0) is 49.3 Å². The molecule has 2 aromatic carbocycles. The number of hydrogen-bond acceptors (Lipinski definition) is 3. The van der Waals surface area contributed by atoms with E-state index in [4.69, 9.17) is 14.5 Å². The van der Waals surface area contributed by atoms with Crippen LogP contribution in [-0.2, 0) is 29.0 Å². The number of hydrogen-bond donors (Lipinski definition) is 2. The molecule has 5 nitrogen and oxygen atoms in total. The lowest BCUT2D eigenvalue weighted by molar-refractivity contribution is -0.0390. The Morgan fingerprint density at radius 2 is 1.74 bits per heavy atom. The molecule has 31 heavy (non-hydrogen) atoms. The smallest absolute Gasteiger partial charge is 0.191 e. The monoisotopic (exact) mass is 537 g/mol. The van der Waals surface area contributed by atoms with Crippen LogP contribution in [0.15, 0.2) is 59.6 Å². The maximum absolute atomic E-state index is 6.05. The Bertz CT molecular complexity index is 764. The lowest BCUT2D eigenvalue weighted by Crippen LogP contribution is -2.37. The van der Waals surface area contributed by atoms with Gasteiger partial charge in [0.05, 0.1) is 19.3 Å². The molecule has 1 heterocycles. The lowest BCUT2D eigenvalue weighted by Gasteiger charge is -2.22. The molecule has 1 fully saturated rings. The topological polar surface area (TPSA) is 54.9 Å². The molecule has 1 saturated heterocycles. The second-order valence-electron chi connectivity index (χ2n) is 7.65. The second kappa shape index (κ2) is 15.2. The SMILES string of the molecule is CCNC(=NCc1cccc(COC2CCOCC2)c1)NCCCc1ccccc1.I. The number of nitrogens with zero attached hydrogens (tertiary/aromatic N) is 1. The van der Waals surface area contributed by atoms with Crippen LogP contribution in [-0.4, -0.2) is 38.4 Å². The molecule has 3 rings (SSSR count). The van der Waals surface area contributed by atoms with Crippen molar-refractivity contribution in [2.24, 2.45) is 4.99 Å². The van der Waals surface area contributed by atoms with Crippen LogP contribution >= 0.6 is 24.0 Å². The Kier molecular flexibility index (Phi) is 12.6. The van der Waals surface area contributed by atoms with Gasteiger partial charge >= 0.3 is 0 Å². The van der Waals surface area contributed by atoms with Crippen molar-refractivity contribution in [1.29, 1.82) is 0 Å². The average molecular weight is 537 g/mol. The molecule has 2 aromatic rings. The van der Waals surface area contributed by atoms with Crippen molar-refractivity contribution in [3.8, 4) is 0 Å². The third-order valence-electron chi connectivity index (χ3n) is 5.19. The van der Waals surface area contributed by atoms with Crippen LogP contribution in [0.4, 0.5) is 0 Å². The molecule has 0 unspecified atom stereocenters. The van der Waals surface area contributed by atoms with Crippen LogP contribution in [0.2, 0.25) is 0 Å². The van der Waals surface area contributed by atoms with Crippen molar-refractivity contribution in [3.63, 3.8) is 0 Å². The van der Waals surface area contributed by atoms with Crippen LogP contribution in [0.25, 0.3) is 0 Å². The number of aliphatic imine (C=N–C) groups is 1. The zero-order valence-electron chi connectivity index (χ0n) is 18.5. The molecule has 170 valence electrons. The molecule has 0 amide bonds. The van der Waals surface area contributed by atoms with Gasteiger partial charge in [0.1, 0.15) is 0 Å². The summed E-state index contributed by atoms with van der Waals surface area (Å²) in [6, 6.07) is 19.1. The van der Waals surface area contributed by atoms with Crippen LogP contribution in [0.1, 0.15) is 42.9 Å². The minimum atomic E-state index is 0. The normalized spacial score (nSPS) is 14.7. The number of nitrogens with one attached hydrogen (secondary N) is 2. The van der Waals surface area contributed by atoms with Crippen molar-refractivity contribution < 1.29 is 9.47 Å². The van der Waals surface area contributed by atoms with Gasteiger partial charge in [-0.3, -0.25) is 0 Å². The molecule has 0 saturated carbocycles. The maximum Gasteiger partial charge on any atom is 0.191 e. The summed E-state index contributed by atoms with van der Waals surface area (Å²) in [4.78, 5) is 4.76. The van der Waals surface area contributed by atoms with Crippen molar-refractivity contribution in [3.05, 3.63) is 71.3 Å². The number of benzene rings is 2. The summed E-state index contributed by atoms with van der Waals surface area (Å²) in [6.07, 6.45) is 4.45. The molecule has 0 atom stereocenters. The van der Waals surface area contributed by atoms with E-state index in [1.54, 1.807) is 0 Å². The highest BCUT2D eigenvalue weighted by atomic mass is 127. The number of rotatable bonds is 10. The summed E-state index contributed by atoms with van der Waals surface area (Å²) in [5.74, 6) is 0.870. The van der Waals surface area contributed by atoms with E-state index < -0.39 is 0 Å². The number of ether oxygens (including phenoxy) is 2. The Labute approximate surface area is 204 Å². The zero-order valence-corrected chi connectivity index (χ0v) is 20.8. The molecule has 0 bridgehead atoms. The molecule has 1 aliphatic rings. The van der Waals surface area contributed by atoms with Gasteiger partial charge in [0, 0.05) is 26.3 Å². The summed E-state index contributed by atoms with van der Waals surface area (Å²) in [5.41, 5.74) is 3.78. The van der Waals surface area contributed by atoms with Gasteiger partial charge in [0.2, 0.25) is 0 Å². The highest BCUT2D eigenvalue weighted by Crippen LogP contribution is 2.14. The Morgan fingerprint density at radius 1 is 1.00 bits per heavy atom. The fourth-order valence-electron chi connectivity index (χ4n) is 3.53. The summed E-state index contributed by atoms with van der Waals surface area (Å²) < 4.78 is 11.4. The Morgan fingerprint density at radius 3 is 2.52 bits per heavy atom. The molecule has 6 heteroatoms. The van der Waals surface area contributed by atoms with E-state index in [1.165, 1.54) is 16.7 Å². The van der Waals surface area contributed by atoms with Crippen LogP contribution in [0.3, 0.4) is 0 Å². The number of guanidine groups is 1. The maximum atomic E-state index is 6.05. The van der Waals surface area contributed by atoms with Gasteiger partial charge in [-0.2, -0.15) is 0 Å². The van der Waals surface area contributed by atoms with E-state index in [0.717, 1.165) is 57.9 Å². The first-order chi connectivity index (χ1) is 14.8. The van der Waals surface area contributed by atoms with Crippen LogP contribution in [0.5, 0.6) is 0 Å². The standard InChI is InChI=1S/C25H35N3O2.HI/c1-2-26-25(27-15-7-12-21-8-4-3-5-9-21)28-19-22-10-6-11-23(18-22)20-30-24-13-16-29-17-14-24;/h3-6,8-11,18,24H,2,7,12-17,19-20H2,1H3,(H2,26,27,28);1H. The highest BCUT2D eigenvalue weighted by Gasteiger charge is 2.14. The van der Waals surface area contributed by atoms with Crippen molar-refractivity contribution in [1.82, 2.24) is 10.6 Å². The first-order valence-electron chi connectivity index (χ1n) is 11.2. The zero-order chi connectivity index (χ0) is 20.9.